The van der Waals surface area contributed by atoms with E-state index in [1.807, 2.05) is 12.1 Å². The topological polar surface area (TPSA) is 75.6 Å². The van der Waals surface area contributed by atoms with Crippen molar-refractivity contribution in [1.82, 2.24) is 20.0 Å². The van der Waals surface area contributed by atoms with Crippen LogP contribution < -0.4 is 0 Å². The molecule has 0 spiro atoms. The third-order valence-electron chi connectivity index (χ3n) is 3.88. The molecule has 1 saturated heterocycles. The summed E-state index contributed by atoms with van der Waals surface area (Å²) in [6.45, 7) is 5.33. The van der Waals surface area contributed by atoms with Gasteiger partial charge in [0.25, 0.3) is 5.91 Å². The lowest BCUT2D eigenvalue weighted by atomic mass is 10.3. The van der Waals surface area contributed by atoms with E-state index in [0.29, 0.717) is 32.0 Å². The van der Waals surface area contributed by atoms with Gasteiger partial charge in [0.05, 0.1) is 19.6 Å². The van der Waals surface area contributed by atoms with E-state index in [2.05, 4.69) is 16.5 Å². The number of hydrazine groups is 1. The number of pyridine rings is 1. The maximum atomic E-state index is 12.8. The molecule has 0 aromatic carbocycles. The summed E-state index contributed by atoms with van der Waals surface area (Å²) in [7, 11) is 0. The first-order valence-electron chi connectivity index (χ1n) is 8.37. The zero-order chi connectivity index (χ0) is 18.4. The summed E-state index contributed by atoms with van der Waals surface area (Å²) in [5.74, 6) is -0.378. The number of nitrogens with zero attached hydrogens (tertiary/aromatic N) is 4. The molecule has 136 valence electrons. The Hall–Kier alpha value is -2.58. The van der Waals surface area contributed by atoms with Crippen LogP contribution in [0, 0.1) is 0 Å². The van der Waals surface area contributed by atoms with Crippen LogP contribution in [0.2, 0.25) is 0 Å². The largest absolute Gasteiger partial charge is 0.377 e. The molecule has 0 atom stereocenters. The summed E-state index contributed by atoms with van der Waals surface area (Å²) in [4.78, 5) is 33.7. The number of thiazole rings is 1. The number of carbonyl (C=O) groups excluding carboxylic acids is 2. The first-order chi connectivity index (χ1) is 12.7. The molecule has 0 N–H and O–H groups in total. The molecular weight excluding hydrogens is 352 g/mol. The van der Waals surface area contributed by atoms with Gasteiger partial charge >= 0.3 is 0 Å². The summed E-state index contributed by atoms with van der Waals surface area (Å²) < 4.78 is 5.26. The highest BCUT2D eigenvalue weighted by molar-refractivity contribution is 7.13. The van der Waals surface area contributed by atoms with Crippen molar-refractivity contribution >= 4 is 23.2 Å². The van der Waals surface area contributed by atoms with Gasteiger partial charge in [-0.2, -0.15) is 0 Å². The van der Waals surface area contributed by atoms with Gasteiger partial charge < -0.3 is 4.74 Å². The van der Waals surface area contributed by atoms with Crippen LogP contribution in [-0.2, 0) is 9.53 Å². The van der Waals surface area contributed by atoms with Gasteiger partial charge in [-0.25, -0.2) is 9.99 Å². The minimum Gasteiger partial charge on any atom is -0.377 e. The number of hydrogen-bond donors (Lipinski definition) is 0. The summed E-state index contributed by atoms with van der Waals surface area (Å²) in [5.41, 5.74) is 1.21. The highest BCUT2D eigenvalue weighted by atomic mass is 32.1. The van der Waals surface area contributed by atoms with Crippen LogP contribution in [0.5, 0.6) is 0 Å². The van der Waals surface area contributed by atoms with Crippen molar-refractivity contribution < 1.29 is 14.3 Å². The summed E-state index contributed by atoms with van der Waals surface area (Å²) in [6.07, 6.45) is 6.02. The molecule has 0 radical (unpaired) electrons. The molecule has 8 heteroatoms. The standard InChI is InChI=1S/C18H20N4O3S/c1-2-10-25-11-6-16(23)21-8-4-9-22(21)18(24)15-13-26-17(20-15)14-5-3-7-19-12-14/h2-3,5,7,12-13H,1,4,6,8-11H2. The first kappa shape index (κ1) is 18.2. The van der Waals surface area contributed by atoms with Crippen molar-refractivity contribution in [1.29, 1.82) is 0 Å². The predicted molar refractivity (Wildman–Crippen MR) is 98.3 cm³/mol. The Bertz CT molecular complexity index is 778. The molecule has 1 aliphatic heterocycles. The van der Waals surface area contributed by atoms with Gasteiger partial charge in [-0.3, -0.25) is 19.6 Å². The van der Waals surface area contributed by atoms with Gasteiger partial charge in [0.15, 0.2) is 0 Å². The fraction of sp³-hybridized carbons (Fsp3) is 0.333. The maximum absolute atomic E-state index is 12.8. The van der Waals surface area contributed by atoms with E-state index in [1.54, 1.807) is 23.8 Å². The van der Waals surface area contributed by atoms with Crippen LogP contribution in [-0.4, -0.2) is 58.1 Å². The Morgan fingerprint density at radius 2 is 2.19 bits per heavy atom. The fourth-order valence-corrected chi connectivity index (χ4v) is 3.45. The van der Waals surface area contributed by atoms with E-state index in [9.17, 15) is 9.59 Å². The summed E-state index contributed by atoms with van der Waals surface area (Å²) in [5, 5.41) is 5.44. The van der Waals surface area contributed by atoms with Crippen molar-refractivity contribution in [3.05, 3.63) is 48.3 Å². The Balaban J connectivity index is 1.66. The summed E-state index contributed by atoms with van der Waals surface area (Å²) >= 11 is 1.39. The van der Waals surface area contributed by atoms with Gasteiger partial charge in [0, 0.05) is 36.4 Å². The number of carbonyl (C=O) groups is 2. The van der Waals surface area contributed by atoms with Crippen LogP contribution in [0.3, 0.4) is 0 Å². The van der Waals surface area contributed by atoms with Crippen LogP contribution >= 0.6 is 11.3 Å². The smallest absolute Gasteiger partial charge is 0.291 e. The Morgan fingerprint density at radius 1 is 1.35 bits per heavy atom. The highest BCUT2D eigenvalue weighted by Crippen LogP contribution is 2.24. The number of rotatable bonds is 7. The van der Waals surface area contributed by atoms with Crippen LogP contribution in [0.25, 0.3) is 10.6 Å². The van der Waals surface area contributed by atoms with E-state index in [4.69, 9.17) is 4.74 Å². The molecule has 0 bridgehead atoms. The van der Waals surface area contributed by atoms with Crippen LogP contribution in [0.15, 0.2) is 42.6 Å². The van der Waals surface area contributed by atoms with Gasteiger partial charge in [0.1, 0.15) is 10.7 Å². The van der Waals surface area contributed by atoms with E-state index in [-0.39, 0.29) is 18.2 Å². The third-order valence-corrected chi connectivity index (χ3v) is 4.77. The molecule has 0 aliphatic carbocycles. The quantitative estimate of drug-likeness (QED) is 0.551. The molecule has 2 aromatic heterocycles. The molecule has 26 heavy (non-hydrogen) atoms. The van der Waals surface area contributed by atoms with Crippen molar-refractivity contribution in [2.75, 3.05) is 26.3 Å². The Kier molecular flexibility index (Phi) is 6.08. The van der Waals surface area contributed by atoms with Crippen LogP contribution in [0.1, 0.15) is 23.3 Å². The van der Waals surface area contributed by atoms with Gasteiger partial charge in [-0.1, -0.05) is 6.08 Å². The second-order valence-electron chi connectivity index (χ2n) is 5.69. The molecule has 1 fully saturated rings. The molecular formula is C18H20N4O3S. The third kappa shape index (κ3) is 4.14. The monoisotopic (exact) mass is 372 g/mol. The first-order valence-corrected chi connectivity index (χ1v) is 9.25. The van der Waals surface area contributed by atoms with Crippen molar-refractivity contribution in [3.8, 4) is 10.6 Å². The molecule has 7 nitrogen and oxygen atoms in total. The predicted octanol–water partition coefficient (Wildman–Crippen LogP) is 2.39. The average Bonchev–Trinajstić information content (AvgIpc) is 3.35. The average molecular weight is 372 g/mol. The second kappa shape index (κ2) is 8.68. The maximum Gasteiger partial charge on any atom is 0.291 e. The zero-order valence-electron chi connectivity index (χ0n) is 14.3. The van der Waals surface area contributed by atoms with E-state index in [1.165, 1.54) is 21.4 Å². The molecule has 1 aliphatic rings. The number of aromatic nitrogens is 2. The SMILES string of the molecule is C=CCOCCC(=O)N1CCCN1C(=O)c1csc(-c2cccnc2)n1. The lowest BCUT2D eigenvalue weighted by molar-refractivity contribution is -0.141. The van der Waals surface area contributed by atoms with Crippen molar-refractivity contribution in [3.63, 3.8) is 0 Å². The van der Waals surface area contributed by atoms with Gasteiger partial charge in [-0.05, 0) is 18.6 Å². The molecule has 0 unspecified atom stereocenters. The fourth-order valence-electron chi connectivity index (χ4n) is 2.66. The lowest BCUT2D eigenvalue weighted by Crippen LogP contribution is -2.45. The molecule has 3 rings (SSSR count). The molecule has 3 heterocycles. The minimum atomic E-state index is -0.255. The molecule has 2 aromatic rings. The Morgan fingerprint density at radius 3 is 2.96 bits per heavy atom. The minimum absolute atomic E-state index is 0.123. The normalized spacial score (nSPS) is 13.8. The number of ether oxygens (including phenoxy) is 1. The van der Waals surface area contributed by atoms with Crippen LogP contribution in [0.4, 0.5) is 0 Å². The van der Waals surface area contributed by atoms with E-state index in [0.717, 1.165) is 17.0 Å². The van der Waals surface area contributed by atoms with Gasteiger partial charge in [0.2, 0.25) is 5.91 Å². The highest BCUT2D eigenvalue weighted by Gasteiger charge is 2.32. The number of hydrogen-bond acceptors (Lipinski definition) is 6. The molecule has 0 saturated carbocycles. The zero-order valence-corrected chi connectivity index (χ0v) is 15.2. The van der Waals surface area contributed by atoms with E-state index < -0.39 is 0 Å². The lowest BCUT2D eigenvalue weighted by Gasteiger charge is -2.27. The van der Waals surface area contributed by atoms with Crippen molar-refractivity contribution in [2.45, 2.75) is 12.8 Å². The molecule has 2 amide bonds. The second-order valence-corrected chi connectivity index (χ2v) is 6.55. The van der Waals surface area contributed by atoms with E-state index >= 15 is 0 Å². The number of amides is 2. The Labute approximate surface area is 155 Å². The summed E-state index contributed by atoms with van der Waals surface area (Å²) in [6, 6.07) is 3.72. The van der Waals surface area contributed by atoms with Gasteiger partial charge in [-0.15, -0.1) is 17.9 Å². The van der Waals surface area contributed by atoms with Crippen molar-refractivity contribution in [2.24, 2.45) is 0 Å².